The molecular weight excluding hydrogens is 381 g/mol. The molecule has 8 heteroatoms. The zero-order chi connectivity index (χ0) is 20.1. The van der Waals surface area contributed by atoms with E-state index in [1.54, 1.807) is 0 Å². The molecule has 0 aromatic heterocycles. The molecule has 1 unspecified atom stereocenters. The van der Waals surface area contributed by atoms with Gasteiger partial charge >= 0.3 is 0 Å². The Morgan fingerprint density at radius 1 is 1.07 bits per heavy atom. The second-order valence-electron chi connectivity index (χ2n) is 6.78. The molecule has 1 amide bonds. The van der Waals surface area contributed by atoms with Crippen molar-refractivity contribution in [2.75, 3.05) is 26.2 Å². The van der Waals surface area contributed by atoms with Crippen molar-refractivity contribution in [2.24, 2.45) is 0 Å². The fourth-order valence-electron chi connectivity index (χ4n) is 3.21. The Morgan fingerprint density at radius 3 is 2.39 bits per heavy atom. The van der Waals surface area contributed by atoms with Crippen LogP contribution in [0.2, 0.25) is 0 Å². The Balaban J connectivity index is 1.55. The number of sulfonamides is 1. The SMILES string of the molecule is CC(C(=O)NCc1ccccc1)N1CCN(S(=O)(=O)c2cccc(F)c2)CC1. The second kappa shape index (κ2) is 8.81. The van der Waals surface area contributed by atoms with Gasteiger partial charge in [-0.1, -0.05) is 36.4 Å². The predicted molar refractivity (Wildman–Crippen MR) is 104 cm³/mol. The summed E-state index contributed by atoms with van der Waals surface area (Å²) in [4.78, 5) is 14.3. The summed E-state index contributed by atoms with van der Waals surface area (Å²) in [7, 11) is -3.73. The number of halogens is 1. The highest BCUT2D eigenvalue weighted by Crippen LogP contribution is 2.19. The van der Waals surface area contributed by atoms with Crippen molar-refractivity contribution < 1.29 is 17.6 Å². The van der Waals surface area contributed by atoms with E-state index in [-0.39, 0.29) is 29.9 Å². The maximum atomic E-state index is 13.4. The Bertz CT molecular complexity index is 913. The smallest absolute Gasteiger partial charge is 0.243 e. The molecule has 1 aliphatic rings. The zero-order valence-corrected chi connectivity index (χ0v) is 16.5. The van der Waals surface area contributed by atoms with Gasteiger partial charge in [0.05, 0.1) is 10.9 Å². The van der Waals surface area contributed by atoms with E-state index in [9.17, 15) is 17.6 Å². The summed E-state index contributed by atoms with van der Waals surface area (Å²) in [6.07, 6.45) is 0. The molecule has 0 saturated carbocycles. The summed E-state index contributed by atoms with van der Waals surface area (Å²) in [5.41, 5.74) is 1.02. The van der Waals surface area contributed by atoms with Crippen LogP contribution in [0.4, 0.5) is 4.39 Å². The van der Waals surface area contributed by atoms with Crippen molar-refractivity contribution in [3.05, 3.63) is 66.0 Å². The van der Waals surface area contributed by atoms with E-state index in [0.717, 1.165) is 11.6 Å². The quantitative estimate of drug-likeness (QED) is 0.796. The molecule has 150 valence electrons. The molecular formula is C20H24FN3O3S. The van der Waals surface area contributed by atoms with Gasteiger partial charge in [0.25, 0.3) is 0 Å². The molecule has 1 aliphatic heterocycles. The van der Waals surface area contributed by atoms with Gasteiger partial charge in [0, 0.05) is 32.7 Å². The van der Waals surface area contributed by atoms with Gasteiger partial charge in [-0.3, -0.25) is 9.69 Å². The van der Waals surface area contributed by atoms with Crippen molar-refractivity contribution >= 4 is 15.9 Å². The van der Waals surface area contributed by atoms with E-state index >= 15 is 0 Å². The predicted octanol–water partition coefficient (Wildman–Crippen LogP) is 1.84. The Hall–Kier alpha value is -2.29. The molecule has 0 aliphatic carbocycles. The van der Waals surface area contributed by atoms with Crippen molar-refractivity contribution in [1.29, 1.82) is 0 Å². The monoisotopic (exact) mass is 405 g/mol. The lowest BCUT2D eigenvalue weighted by Gasteiger charge is -2.36. The van der Waals surface area contributed by atoms with Gasteiger partial charge in [0.15, 0.2) is 0 Å². The lowest BCUT2D eigenvalue weighted by Crippen LogP contribution is -2.54. The summed E-state index contributed by atoms with van der Waals surface area (Å²) >= 11 is 0. The maximum Gasteiger partial charge on any atom is 0.243 e. The molecule has 28 heavy (non-hydrogen) atoms. The Kier molecular flexibility index (Phi) is 6.43. The molecule has 1 atom stereocenters. The minimum Gasteiger partial charge on any atom is -0.351 e. The molecule has 0 spiro atoms. The first-order valence-electron chi connectivity index (χ1n) is 9.19. The first-order chi connectivity index (χ1) is 13.4. The topological polar surface area (TPSA) is 69.7 Å². The normalized spacial score (nSPS) is 17.2. The summed E-state index contributed by atoms with van der Waals surface area (Å²) in [6.45, 7) is 3.67. The summed E-state index contributed by atoms with van der Waals surface area (Å²) in [5, 5.41) is 2.92. The maximum absolute atomic E-state index is 13.4. The minimum atomic E-state index is -3.73. The Labute approximate surface area is 165 Å². The number of piperazine rings is 1. The van der Waals surface area contributed by atoms with Gasteiger partial charge in [-0.2, -0.15) is 4.31 Å². The van der Waals surface area contributed by atoms with E-state index in [1.165, 1.54) is 22.5 Å². The fraction of sp³-hybridized carbons (Fsp3) is 0.350. The third kappa shape index (κ3) is 4.76. The summed E-state index contributed by atoms with van der Waals surface area (Å²) in [6, 6.07) is 14.3. The lowest BCUT2D eigenvalue weighted by atomic mass is 10.2. The number of hydrogen-bond acceptors (Lipinski definition) is 4. The number of nitrogens with zero attached hydrogens (tertiary/aromatic N) is 2. The van der Waals surface area contributed by atoms with Gasteiger partial charge in [0.1, 0.15) is 5.82 Å². The summed E-state index contributed by atoms with van der Waals surface area (Å²) < 4.78 is 40.1. The first-order valence-corrected chi connectivity index (χ1v) is 10.6. The van der Waals surface area contributed by atoms with Crippen LogP contribution in [0.3, 0.4) is 0 Å². The largest absolute Gasteiger partial charge is 0.351 e. The van der Waals surface area contributed by atoms with Crippen LogP contribution in [-0.2, 0) is 21.4 Å². The molecule has 3 rings (SSSR count). The molecule has 2 aromatic rings. The van der Waals surface area contributed by atoms with E-state index in [0.29, 0.717) is 19.6 Å². The van der Waals surface area contributed by atoms with Gasteiger partial charge in [0.2, 0.25) is 15.9 Å². The zero-order valence-electron chi connectivity index (χ0n) is 15.7. The lowest BCUT2D eigenvalue weighted by molar-refractivity contribution is -0.126. The molecule has 0 bridgehead atoms. The van der Waals surface area contributed by atoms with Crippen LogP contribution in [-0.4, -0.2) is 55.8 Å². The van der Waals surface area contributed by atoms with Crippen molar-refractivity contribution in [3.8, 4) is 0 Å². The van der Waals surface area contributed by atoms with Crippen LogP contribution in [0, 0.1) is 5.82 Å². The fourth-order valence-corrected chi connectivity index (χ4v) is 4.66. The number of hydrogen-bond donors (Lipinski definition) is 1. The third-order valence-corrected chi connectivity index (χ3v) is 6.84. The van der Waals surface area contributed by atoms with Crippen molar-refractivity contribution in [1.82, 2.24) is 14.5 Å². The van der Waals surface area contributed by atoms with Gasteiger partial charge < -0.3 is 5.32 Å². The van der Waals surface area contributed by atoms with Crippen molar-refractivity contribution in [3.63, 3.8) is 0 Å². The van der Waals surface area contributed by atoms with Gasteiger partial charge in [-0.05, 0) is 30.7 Å². The standard InChI is InChI=1S/C20H24FN3O3S/c1-16(20(25)22-15-17-6-3-2-4-7-17)23-10-12-24(13-11-23)28(26,27)19-9-5-8-18(21)14-19/h2-9,14,16H,10-13,15H2,1H3,(H,22,25). The number of nitrogens with one attached hydrogen (secondary N) is 1. The number of rotatable bonds is 6. The average molecular weight is 405 g/mol. The van der Waals surface area contributed by atoms with E-state index in [1.807, 2.05) is 42.2 Å². The highest BCUT2D eigenvalue weighted by atomic mass is 32.2. The first kappa shape index (κ1) is 20.4. The summed E-state index contributed by atoms with van der Waals surface area (Å²) in [5.74, 6) is -0.672. The number of benzene rings is 2. The molecule has 1 heterocycles. The van der Waals surface area contributed by atoms with Gasteiger partial charge in [-0.15, -0.1) is 0 Å². The molecule has 6 nitrogen and oxygen atoms in total. The minimum absolute atomic E-state index is 0.0467. The Morgan fingerprint density at radius 2 is 1.75 bits per heavy atom. The van der Waals surface area contributed by atoms with Crippen LogP contribution in [0.15, 0.2) is 59.5 Å². The van der Waals surface area contributed by atoms with Crippen LogP contribution >= 0.6 is 0 Å². The van der Waals surface area contributed by atoms with E-state index in [2.05, 4.69) is 5.32 Å². The number of carbonyl (C=O) groups excluding carboxylic acids is 1. The van der Waals surface area contributed by atoms with Crippen LogP contribution in [0.5, 0.6) is 0 Å². The highest BCUT2D eigenvalue weighted by molar-refractivity contribution is 7.89. The molecule has 2 aromatic carbocycles. The van der Waals surface area contributed by atoms with Crippen molar-refractivity contribution in [2.45, 2.75) is 24.4 Å². The third-order valence-electron chi connectivity index (χ3n) is 4.94. The molecule has 1 saturated heterocycles. The molecule has 1 fully saturated rings. The van der Waals surface area contributed by atoms with Crippen LogP contribution in [0.25, 0.3) is 0 Å². The number of carbonyl (C=O) groups is 1. The second-order valence-corrected chi connectivity index (χ2v) is 8.71. The highest BCUT2D eigenvalue weighted by Gasteiger charge is 2.31. The molecule has 1 N–H and O–H groups in total. The molecule has 0 radical (unpaired) electrons. The average Bonchev–Trinajstić information content (AvgIpc) is 2.72. The van der Waals surface area contributed by atoms with E-state index < -0.39 is 15.8 Å². The van der Waals surface area contributed by atoms with Gasteiger partial charge in [-0.25, -0.2) is 12.8 Å². The number of amides is 1. The van der Waals surface area contributed by atoms with Crippen LogP contribution in [0.1, 0.15) is 12.5 Å². The van der Waals surface area contributed by atoms with E-state index in [4.69, 9.17) is 0 Å². The van der Waals surface area contributed by atoms with Crippen LogP contribution < -0.4 is 5.32 Å².